The maximum absolute atomic E-state index is 12.5. The van der Waals surface area contributed by atoms with Crippen LogP contribution in [0.3, 0.4) is 0 Å². The Morgan fingerprint density at radius 3 is 2.38 bits per heavy atom. The highest BCUT2D eigenvalue weighted by Gasteiger charge is 2.16. The van der Waals surface area contributed by atoms with Crippen LogP contribution in [0.1, 0.15) is 11.1 Å². The highest BCUT2D eigenvalue weighted by molar-refractivity contribution is 7.90. The van der Waals surface area contributed by atoms with Gasteiger partial charge >= 0.3 is 5.97 Å². The van der Waals surface area contributed by atoms with Crippen LogP contribution in [0.25, 0.3) is 6.08 Å². The Kier molecular flexibility index (Phi) is 6.77. The maximum Gasteiger partial charge on any atom is 0.328 e. The molecule has 0 saturated heterocycles. The van der Waals surface area contributed by atoms with E-state index in [0.717, 1.165) is 22.2 Å². The number of carboxylic acids is 1. The molecule has 1 aromatic carbocycles. The highest BCUT2D eigenvalue weighted by Crippen LogP contribution is 2.17. The average molecular weight is 371 g/mol. The van der Waals surface area contributed by atoms with Crippen LogP contribution in [0.4, 0.5) is 0 Å². The average Bonchev–Trinajstić information content (AvgIpc) is 2.94. The molecular weight excluding hydrogens is 352 g/mol. The van der Waals surface area contributed by atoms with Crippen LogP contribution < -0.4 is 0 Å². The first-order valence-electron chi connectivity index (χ1n) is 6.87. The minimum absolute atomic E-state index is 0. The van der Waals surface area contributed by atoms with E-state index in [9.17, 15) is 13.2 Å². The molecule has 2 rings (SSSR count). The zero-order chi connectivity index (χ0) is 17.0. The number of nitrogens with zero attached hydrogens (tertiary/aromatic N) is 2. The molecule has 8 heteroatoms. The number of halogens is 1. The summed E-state index contributed by atoms with van der Waals surface area (Å²) in [6, 6.07) is 8.24. The fourth-order valence-corrected chi connectivity index (χ4v) is 3.27. The largest absolute Gasteiger partial charge is 0.478 e. The van der Waals surface area contributed by atoms with Crippen molar-refractivity contribution in [2.24, 2.45) is 0 Å². The molecule has 0 aliphatic heterocycles. The second kappa shape index (κ2) is 8.14. The Labute approximate surface area is 147 Å². The fraction of sp³-hybridized carbons (Fsp3) is 0.188. The number of carboxylic acid groups (broad SMARTS) is 1. The van der Waals surface area contributed by atoms with Gasteiger partial charge < -0.3 is 10.0 Å². The van der Waals surface area contributed by atoms with E-state index in [2.05, 4.69) is 0 Å². The van der Waals surface area contributed by atoms with Gasteiger partial charge in [-0.25, -0.2) is 17.2 Å². The molecule has 0 aliphatic carbocycles. The minimum atomic E-state index is -3.68. The van der Waals surface area contributed by atoms with Crippen molar-refractivity contribution in [2.75, 3.05) is 14.1 Å². The summed E-state index contributed by atoms with van der Waals surface area (Å²) < 4.78 is 26.1. The molecule has 0 atom stereocenters. The van der Waals surface area contributed by atoms with Gasteiger partial charge in [0.1, 0.15) is 0 Å². The van der Waals surface area contributed by atoms with Crippen LogP contribution in [-0.2, 0) is 21.4 Å². The normalized spacial score (nSPS) is 11.6. The molecule has 0 unspecified atom stereocenters. The molecule has 0 amide bonds. The summed E-state index contributed by atoms with van der Waals surface area (Å²) in [6.07, 6.45) is 5.07. The van der Waals surface area contributed by atoms with E-state index in [0.29, 0.717) is 5.56 Å². The molecule has 0 aliphatic rings. The van der Waals surface area contributed by atoms with Crippen LogP contribution in [0.2, 0.25) is 0 Å². The van der Waals surface area contributed by atoms with Crippen molar-refractivity contribution in [1.82, 2.24) is 8.87 Å². The molecule has 0 saturated carbocycles. The summed E-state index contributed by atoms with van der Waals surface area (Å²) in [4.78, 5) is 12.7. The zero-order valence-corrected chi connectivity index (χ0v) is 14.9. The Bertz CT molecular complexity index is 824. The highest BCUT2D eigenvalue weighted by atomic mass is 35.5. The summed E-state index contributed by atoms with van der Waals surface area (Å²) in [5, 5.41) is 8.59. The maximum atomic E-state index is 12.5. The van der Waals surface area contributed by atoms with E-state index in [1.807, 2.05) is 19.0 Å². The van der Waals surface area contributed by atoms with Gasteiger partial charge in [-0.05, 0) is 49.5 Å². The lowest BCUT2D eigenvalue weighted by molar-refractivity contribution is -0.131. The molecule has 0 bridgehead atoms. The Morgan fingerprint density at radius 2 is 1.83 bits per heavy atom. The predicted molar refractivity (Wildman–Crippen MR) is 94.8 cm³/mol. The van der Waals surface area contributed by atoms with Crippen LogP contribution in [-0.4, -0.2) is 42.5 Å². The number of hydrogen-bond acceptors (Lipinski definition) is 4. The minimum Gasteiger partial charge on any atom is -0.478 e. The van der Waals surface area contributed by atoms with E-state index < -0.39 is 16.0 Å². The van der Waals surface area contributed by atoms with E-state index in [1.54, 1.807) is 24.3 Å². The molecule has 0 spiro atoms. The van der Waals surface area contributed by atoms with Crippen molar-refractivity contribution in [1.29, 1.82) is 0 Å². The Hall–Kier alpha value is -2.09. The van der Waals surface area contributed by atoms with Crippen LogP contribution in [0, 0.1) is 0 Å². The molecule has 1 aromatic heterocycles. The van der Waals surface area contributed by atoms with Gasteiger partial charge in [-0.2, -0.15) is 0 Å². The van der Waals surface area contributed by atoms with Crippen LogP contribution in [0.5, 0.6) is 0 Å². The summed E-state index contributed by atoms with van der Waals surface area (Å²) >= 11 is 0. The van der Waals surface area contributed by atoms with Crippen LogP contribution in [0.15, 0.2) is 53.7 Å². The van der Waals surface area contributed by atoms with E-state index in [4.69, 9.17) is 5.11 Å². The monoisotopic (exact) mass is 370 g/mol. The zero-order valence-electron chi connectivity index (χ0n) is 13.3. The summed E-state index contributed by atoms with van der Waals surface area (Å²) in [6.45, 7) is 0.730. The van der Waals surface area contributed by atoms with Gasteiger partial charge in [-0.1, -0.05) is 12.1 Å². The molecule has 24 heavy (non-hydrogen) atoms. The van der Waals surface area contributed by atoms with Crippen LogP contribution >= 0.6 is 12.4 Å². The van der Waals surface area contributed by atoms with Crippen molar-refractivity contribution in [3.05, 3.63) is 59.9 Å². The summed E-state index contributed by atoms with van der Waals surface area (Å²) in [5.41, 5.74) is 1.52. The van der Waals surface area contributed by atoms with Gasteiger partial charge in [0, 0.05) is 25.0 Å². The number of benzene rings is 1. The Balaban J connectivity index is 0.00000288. The standard InChI is InChI=1S/C16H18N2O4S.ClH/c1-17(2)11-13-3-6-15(7-4-13)23(21,22)18-10-9-14(12-18)5-8-16(19)20;/h3-10,12H,11H2,1-2H3,(H,19,20);1H/b8-5+;. The first-order chi connectivity index (χ1) is 10.8. The third-order valence-electron chi connectivity index (χ3n) is 3.11. The Morgan fingerprint density at radius 1 is 1.21 bits per heavy atom. The molecule has 2 aromatic rings. The van der Waals surface area contributed by atoms with E-state index >= 15 is 0 Å². The summed E-state index contributed by atoms with van der Waals surface area (Å²) in [7, 11) is 0.202. The molecule has 1 heterocycles. The predicted octanol–water partition coefficient (Wildman–Crippen LogP) is 2.31. The fourth-order valence-electron chi connectivity index (χ4n) is 2.06. The number of rotatable bonds is 6. The molecule has 0 radical (unpaired) electrons. The van der Waals surface area contributed by atoms with Crippen molar-refractivity contribution >= 4 is 34.5 Å². The van der Waals surface area contributed by atoms with Gasteiger partial charge in [-0.3, -0.25) is 0 Å². The topological polar surface area (TPSA) is 79.6 Å². The molecule has 130 valence electrons. The molecule has 1 N–H and O–H groups in total. The third-order valence-corrected chi connectivity index (χ3v) is 4.76. The lowest BCUT2D eigenvalue weighted by Gasteiger charge is -2.10. The first kappa shape index (κ1) is 20.0. The van der Waals surface area contributed by atoms with Crippen molar-refractivity contribution in [3.8, 4) is 0 Å². The van der Waals surface area contributed by atoms with E-state index in [-0.39, 0.29) is 17.3 Å². The second-order valence-electron chi connectivity index (χ2n) is 5.33. The quantitative estimate of drug-likeness (QED) is 0.789. The number of aromatic nitrogens is 1. The van der Waals surface area contributed by atoms with Gasteiger partial charge in [0.15, 0.2) is 0 Å². The smallest absolute Gasteiger partial charge is 0.328 e. The third kappa shape index (κ3) is 4.95. The first-order valence-corrected chi connectivity index (χ1v) is 8.31. The number of aliphatic carboxylic acids is 1. The van der Waals surface area contributed by atoms with Crippen molar-refractivity contribution in [2.45, 2.75) is 11.4 Å². The summed E-state index contributed by atoms with van der Waals surface area (Å²) in [5.74, 6) is -1.09. The molecular formula is C16H19ClN2O4S. The van der Waals surface area contributed by atoms with Crippen molar-refractivity contribution in [3.63, 3.8) is 0 Å². The second-order valence-corrected chi connectivity index (χ2v) is 7.18. The van der Waals surface area contributed by atoms with E-state index in [1.165, 1.54) is 24.5 Å². The van der Waals surface area contributed by atoms with Gasteiger partial charge in [0.2, 0.25) is 0 Å². The SMILES string of the molecule is CN(C)Cc1ccc(S(=O)(=O)n2ccc(/C=C/C(=O)O)c2)cc1.Cl. The number of hydrogen-bond donors (Lipinski definition) is 1. The molecule has 6 nitrogen and oxygen atoms in total. The van der Waals surface area contributed by atoms with Gasteiger partial charge in [0.05, 0.1) is 4.90 Å². The lowest BCUT2D eigenvalue weighted by Crippen LogP contribution is -2.12. The lowest BCUT2D eigenvalue weighted by atomic mass is 10.2. The van der Waals surface area contributed by atoms with Crippen molar-refractivity contribution < 1.29 is 18.3 Å². The van der Waals surface area contributed by atoms with Gasteiger partial charge in [0.25, 0.3) is 10.0 Å². The number of carbonyl (C=O) groups is 1. The molecule has 0 fully saturated rings. The van der Waals surface area contributed by atoms with Gasteiger partial charge in [-0.15, -0.1) is 12.4 Å².